The van der Waals surface area contributed by atoms with E-state index in [-0.39, 0.29) is 72.7 Å². The molecule has 1 N–H and O–H groups in total. The summed E-state index contributed by atoms with van der Waals surface area (Å²) in [6.07, 6.45) is 4.82. The Morgan fingerprint density at radius 2 is 1.67 bits per heavy atom. The van der Waals surface area contributed by atoms with Gasteiger partial charge >= 0.3 is 11.7 Å². The average molecular weight is 942 g/mol. The third-order valence-corrected chi connectivity index (χ3v) is 12.2. The number of carbonyl (C=O) groups is 4. The van der Waals surface area contributed by atoms with Crippen LogP contribution in [0.3, 0.4) is 0 Å². The molecule has 0 aliphatic carbocycles. The van der Waals surface area contributed by atoms with E-state index in [9.17, 15) is 28.8 Å². The van der Waals surface area contributed by atoms with E-state index in [2.05, 4.69) is 15.3 Å². The zero-order chi connectivity index (χ0) is 46.8. The fourth-order valence-corrected chi connectivity index (χ4v) is 8.90. The number of halogens is 2. The van der Waals surface area contributed by atoms with E-state index in [4.69, 9.17) is 42.4 Å². The topological polar surface area (TPSA) is 207 Å². The lowest BCUT2D eigenvalue weighted by molar-refractivity contribution is -0.136. The summed E-state index contributed by atoms with van der Waals surface area (Å²) in [4.78, 5) is 94.7. The van der Waals surface area contributed by atoms with Crippen molar-refractivity contribution in [2.45, 2.75) is 63.8 Å². The number of nitrogens with zero attached hydrogens (tertiary/aromatic N) is 9. The molecule has 2 fully saturated rings. The van der Waals surface area contributed by atoms with Gasteiger partial charge in [0.1, 0.15) is 34.9 Å². The number of piperidine rings is 2. The Morgan fingerprint density at radius 1 is 0.909 bits per heavy atom. The molecule has 0 bridgehead atoms. The maximum atomic E-state index is 13.8. The number of pyridine rings is 1. The highest BCUT2D eigenvalue weighted by Crippen LogP contribution is 2.36. The van der Waals surface area contributed by atoms with Crippen molar-refractivity contribution in [2.24, 2.45) is 14.1 Å². The summed E-state index contributed by atoms with van der Waals surface area (Å²) in [6.45, 7) is 1.26. The van der Waals surface area contributed by atoms with Crippen molar-refractivity contribution in [2.75, 3.05) is 32.2 Å². The van der Waals surface area contributed by atoms with Gasteiger partial charge in [0.05, 0.1) is 42.6 Å². The van der Waals surface area contributed by atoms with Crippen LogP contribution in [0, 0.1) is 0 Å². The molecule has 0 radical (unpaired) electrons. The number of nitrogens with one attached hydrogen (secondary N) is 1. The van der Waals surface area contributed by atoms with Crippen LogP contribution in [0.25, 0.3) is 22.4 Å². The van der Waals surface area contributed by atoms with Gasteiger partial charge in [-0.25, -0.2) is 14.8 Å². The van der Waals surface area contributed by atoms with E-state index >= 15 is 0 Å². The van der Waals surface area contributed by atoms with Gasteiger partial charge in [-0.05, 0) is 43.2 Å². The van der Waals surface area contributed by atoms with Crippen LogP contribution >= 0.6 is 23.2 Å². The highest BCUT2D eigenvalue weighted by Gasteiger charge is 2.38. The van der Waals surface area contributed by atoms with Gasteiger partial charge in [0.25, 0.3) is 11.5 Å². The first-order valence-corrected chi connectivity index (χ1v) is 21.9. The molecule has 1 unspecified atom stereocenters. The molecular weight excluding hydrogens is 895 g/mol. The second-order valence-electron chi connectivity index (χ2n) is 15.9. The maximum Gasteiger partial charge on any atom is 0.329 e. The van der Waals surface area contributed by atoms with Crippen molar-refractivity contribution < 1.29 is 33.4 Å². The molecule has 1 atom stereocenters. The SMILES string of the molecule is COc1ncc(-c2nc3c(n2CCCC(=O)N2CCC(Oc4cccc5c4n(C)c(=O)n5C4CCC(=O)NC4=O)CC2)CN(c2cc(Cl)cn(C)c2=O)C3=O)c(OC)n1.Clc1ccccc1. The first kappa shape index (κ1) is 45.6. The van der Waals surface area contributed by atoms with Crippen molar-refractivity contribution >= 4 is 63.6 Å². The Labute approximate surface area is 387 Å². The second-order valence-corrected chi connectivity index (χ2v) is 16.8. The first-order chi connectivity index (χ1) is 31.8. The predicted molar refractivity (Wildman–Crippen MR) is 243 cm³/mol. The van der Waals surface area contributed by atoms with Gasteiger partial charge in [0.2, 0.25) is 23.6 Å². The molecule has 6 aromatic rings. The molecule has 4 amide bonds. The van der Waals surface area contributed by atoms with Crippen molar-refractivity contribution in [3.63, 3.8) is 0 Å². The van der Waals surface area contributed by atoms with Gasteiger partial charge in [-0.2, -0.15) is 4.98 Å². The molecule has 9 rings (SSSR count). The van der Waals surface area contributed by atoms with Crippen molar-refractivity contribution in [1.82, 2.24) is 43.4 Å². The maximum absolute atomic E-state index is 13.8. The number of carbonyl (C=O) groups excluding carboxylic acids is 4. The number of aromatic nitrogens is 7. The van der Waals surface area contributed by atoms with Crippen molar-refractivity contribution in [1.29, 1.82) is 0 Å². The average Bonchev–Trinajstić information content (AvgIpc) is 3.92. The zero-order valence-electron chi connectivity index (χ0n) is 36.5. The quantitative estimate of drug-likeness (QED) is 0.176. The number of ether oxygens (including phenoxy) is 3. The number of amides is 4. The highest BCUT2D eigenvalue weighted by molar-refractivity contribution is 6.31. The molecule has 19 nitrogen and oxygen atoms in total. The van der Waals surface area contributed by atoms with Gasteiger partial charge in [-0.3, -0.25) is 43.3 Å². The lowest BCUT2D eigenvalue weighted by Crippen LogP contribution is -2.44. The van der Waals surface area contributed by atoms with Crippen LogP contribution in [0.4, 0.5) is 5.69 Å². The number of likely N-dealkylation sites (tertiary alicyclic amines) is 1. The Kier molecular flexibility index (Phi) is 13.3. The molecule has 66 heavy (non-hydrogen) atoms. The van der Waals surface area contributed by atoms with Crippen LogP contribution in [-0.4, -0.2) is 95.2 Å². The minimum absolute atomic E-state index is 0.0427. The van der Waals surface area contributed by atoms with E-state index in [1.807, 2.05) is 34.9 Å². The Hall–Kier alpha value is -6.99. The van der Waals surface area contributed by atoms with Crippen LogP contribution in [0.2, 0.25) is 10.0 Å². The molecule has 3 aliphatic heterocycles. The molecule has 0 saturated carbocycles. The minimum Gasteiger partial charge on any atom is -0.488 e. The molecule has 0 spiro atoms. The largest absolute Gasteiger partial charge is 0.488 e. The molecule has 2 aromatic carbocycles. The number of hydrogen-bond acceptors (Lipinski definition) is 12. The van der Waals surface area contributed by atoms with Gasteiger partial charge in [-0.15, -0.1) is 0 Å². The number of benzene rings is 2. The molecule has 2 saturated heterocycles. The second kappa shape index (κ2) is 19.2. The van der Waals surface area contributed by atoms with Gasteiger partial charge in [0, 0.05) is 76.8 Å². The summed E-state index contributed by atoms with van der Waals surface area (Å²) < 4.78 is 23.2. The van der Waals surface area contributed by atoms with Crippen LogP contribution in [0.15, 0.2) is 76.6 Å². The summed E-state index contributed by atoms with van der Waals surface area (Å²) in [7, 11) is 6.06. The first-order valence-electron chi connectivity index (χ1n) is 21.2. The molecular formula is C45H46Cl2N10O9. The lowest BCUT2D eigenvalue weighted by Gasteiger charge is -2.32. The summed E-state index contributed by atoms with van der Waals surface area (Å²) in [5.74, 6) is -0.344. The smallest absolute Gasteiger partial charge is 0.329 e. The van der Waals surface area contributed by atoms with Crippen LogP contribution in [0.5, 0.6) is 17.6 Å². The Bertz CT molecular complexity index is 2980. The van der Waals surface area contributed by atoms with E-state index in [1.165, 1.54) is 51.3 Å². The van der Waals surface area contributed by atoms with E-state index in [0.29, 0.717) is 77.8 Å². The van der Waals surface area contributed by atoms with Crippen LogP contribution < -0.4 is 35.7 Å². The van der Waals surface area contributed by atoms with Crippen molar-refractivity contribution in [3.8, 4) is 29.0 Å². The van der Waals surface area contributed by atoms with Crippen molar-refractivity contribution in [3.05, 3.63) is 109 Å². The summed E-state index contributed by atoms with van der Waals surface area (Å²) in [6, 6.07) is 15.5. The number of para-hydroxylation sites is 1. The minimum atomic E-state index is -0.810. The molecule has 7 heterocycles. The Balaban J connectivity index is 0.000000774. The number of aryl methyl sites for hydroxylation is 2. The predicted octanol–water partition coefficient (Wildman–Crippen LogP) is 4.69. The monoisotopic (exact) mass is 940 g/mol. The van der Waals surface area contributed by atoms with Gasteiger partial charge in [-0.1, -0.05) is 47.5 Å². The van der Waals surface area contributed by atoms with E-state index in [0.717, 1.165) is 5.02 Å². The molecule has 4 aromatic heterocycles. The number of fused-ring (bicyclic) bond motifs is 2. The third-order valence-electron chi connectivity index (χ3n) is 11.8. The standard InChI is InChI=1S/C39H41ClN10O9.C6H5Cl/c1-45-19-21(40)17-26(36(45)54)49-20-27-31(37(49)55)43-33(23-18-41-38(58-4)44-35(23)57-3)48(27)14-6-9-30(52)47-15-12-22(13-16-47)59-28-8-5-7-24-32(28)46(2)39(56)50(24)25-10-11-29(51)42-34(25)53;7-6-4-2-1-3-5-6/h5,7-8,17-19,22,25H,6,9-16,20H2,1-4H3,(H,42,51,53);1-5H. The lowest BCUT2D eigenvalue weighted by atomic mass is 10.1. The van der Waals surface area contributed by atoms with Crippen LogP contribution in [0.1, 0.15) is 60.7 Å². The number of methoxy groups -OCH3 is 2. The summed E-state index contributed by atoms with van der Waals surface area (Å²) >= 11 is 11.8. The van der Waals surface area contributed by atoms with Gasteiger partial charge < -0.3 is 28.2 Å². The number of hydrogen-bond donors (Lipinski definition) is 1. The molecule has 21 heteroatoms. The Morgan fingerprint density at radius 3 is 2.35 bits per heavy atom. The van der Waals surface area contributed by atoms with E-state index in [1.54, 1.807) is 37.2 Å². The van der Waals surface area contributed by atoms with Crippen LogP contribution in [-0.2, 0) is 41.6 Å². The fraction of sp³-hybridized carbons (Fsp3) is 0.356. The van der Waals surface area contributed by atoms with Gasteiger partial charge in [0.15, 0.2) is 5.69 Å². The number of anilines is 1. The number of rotatable bonds is 11. The molecule has 344 valence electrons. The number of imidazole rings is 2. The van der Waals surface area contributed by atoms with E-state index < -0.39 is 23.4 Å². The summed E-state index contributed by atoms with van der Waals surface area (Å²) in [5, 5.41) is 3.42. The summed E-state index contributed by atoms with van der Waals surface area (Å²) in [5.41, 5.74) is 1.54. The highest BCUT2D eigenvalue weighted by atomic mass is 35.5. The molecule has 3 aliphatic rings. The number of imide groups is 1. The third kappa shape index (κ3) is 8.99. The normalized spacial score (nSPS) is 16.2. The zero-order valence-corrected chi connectivity index (χ0v) is 38.0. The fourth-order valence-electron chi connectivity index (χ4n) is 8.51.